The number of hydrogen-bond acceptors (Lipinski definition) is 5. The number of nitrogens with zero attached hydrogens (tertiary/aromatic N) is 2. The lowest BCUT2D eigenvalue weighted by Gasteiger charge is -2.10. The average molecular weight is 281 g/mol. The number of carbonyl (C=O) groups is 1. The van der Waals surface area contributed by atoms with Crippen LogP contribution < -0.4 is 9.47 Å². The molecule has 0 unspecified atom stereocenters. The molecule has 0 aliphatic heterocycles. The number of hydrogen-bond donors (Lipinski definition) is 1. The Morgan fingerprint density at radius 1 is 1.26 bits per heavy atom. The minimum Gasteiger partial charge on any atom is -0.495 e. The second-order valence-electron chi connectivity index (χ2n) is 3.42. The Morgan fingerprint density at radius 3 is 2.53 bits per heavy atom. The number of carboxylic acid groups (broad SMARTS) is 1. The highest BCUT2D eigenvalue weighted by atomic mass is 35.5. The summed E-state index contributed by atoms with van der Waals surface area (Å²) in [5, 5.41) is 9.37. The molecular weight excluding hydrogens is 272 g/mol. The monoisotopic (exact) mass is 280 g/mol. The van der Waals surface area contributed by atoms with Gasteiger partial charge in [0.1, 0.15) is 17.1 Å². The van der Waals surface area contributed by atoms with Gasteiger partial charge in [0, 0.05) is 18.5 Å². The van der Waals surface area contributed by atoms with Crippen molar-refractivity contribution >= 4 is 17.6 Å². The Bertz CT molecular complexity index is 604. The Hall–Kier alpha value is -2.34. The molecule has 0 saturated heterocycles. The molecule has 0 aliphatic carbocycles. The molecule has 0 saturated carbocycles. The van der Waals surface area contributed by atoms with Crippen LogP contribution in [0.1, 0.15) is 10.4 Å². The van der Waals surface area contributed by atoms with Gasteiger partial charge in [-0.1, -0.05) is 11.6 Å². The zero-order chi connectivity index (χ0) is 13.8. The summed E-state index contributed by atoms with van der Waals surface area (Å²) in [6.07, 6.45) is 2.96. The van der Waals surface area contributed by atoms with Crippen LogP contribution in [0.5, 0.6) is 17.5 Å². The van der Waals surface area contributed by atoms with Crippen LogP contribution in [0.3, 0.4) is 0 Å². The maximum atomic E-state index is 11.2. The number of halogens is 1. The average Bonchev–Trinajstić information content (AvgIpc) is 2.39. The number of aromatic carboxylic acids is 1. The van der Waals surface area contributed by atoms with Gasteiger partial charge in [-0.25, -0.2) is 14.8 Å². The standard InChI is InChI=1S/C12H9ClN2O4/c1-18-10-5-7(11(16)17)9(6-8(10)13)19-12-14-3-2-4-15-12/h2-6H,1H3,(H,16,17). The van der Waals surface area contributed by atoms with Crippen molar-refractivity contribution in [1.82, 2.24) is 9.97 Å². The van der Waals surface area contributed by atoms with E-state index in [1.165, 1.54) is 31.6 Å². The zero-order valence-electron chi connectivity index (χ0n) is 9.83. The van der Waals surface area contributed by atoms with Crippen molar-refractivity contribution < 1.29 is 19.4 Å². The molecule has 98 valence electrons. The van der Waals surface area contributed by atoms with E-state index in [1.807, 2.05) is 0 Å². The van der Waals surface area contributed by atoms with Gasteiger partial charge in [0.15, 0.2) is 0 Å². The van der Waals surface area contributed by atoms with Crippen molar-refractivity contribution in [3.63, 3.8) is 0 Å². The molecule has 0 fully saturated rings. The van der Waals surface area contributed by atoms with Crippen LogP contribution in [0.4, 0.5) is 0 Å². The van der Waals surface area contributed by atoms with E-state index >= 15 is 0 Å². The second kappa shape index (κ2) is 5.53. The van der Waals surface area contributed by atoms with Crippen molar-refractivity contribution in [2.24, 2.45) is 0 Å². The van der Waals surface area contributed by atoms with Gasteiger partial charge in [0.25, 0.3) is 0 Å². The summed E-state index contributed by atoms with van der Waals surface area (Å²) in [4.78, 5) is 18.9. The molecule has 19 heavy (non-hydrogen) atoms. The minimum absolute atomic E-state index is 0.0335. The molecule has 7 heteroatoms. The Labute approximate surface area is 113 Å². The van der Waals surface area contributed by atoms with Gasteiger partial charge in [-0.2, -0.15) is 0 Å². The summed E-state index contributed by atoms with van der Waals surface area (Å²) in [6.45, 7) is 0. The van der Waals surface area contributed by atoms with E-state index in [-0.39, 0.29) is 28.1 Å². The first-order chi connectivity index (χ1) is 9.11. The summed E-state index contributed by atoms with van der Waals surface area (Å²) in [7, 11) is 1.40. The first-order valence-corrected chi connectivity index (χ1v) is 5.55. The Balaban J connectivity index is 2.44. The first-order valence-electron chi connectivity index (χ1n) is 5.17. The Morgan fingerprint density at radius 2 is 1.95 bits per heavy atom. The fraction of sp³-hybridized carbons (Fsp3) is 0.0833. The summed E-state index contributed by atoms with van der Waals surface area (Å²) in [6, 6.07) is 4.28. The highest BCUT2D eigenvalue weighted by Gasteiger charge is 2.17. The van der Waals surface area contributed by atoms with Crippen molar-refractivity contribution in [3.8, 4) is 17.5 Å². The normalized spacial score (nSPS) is 10.0. The summed E-state index contributed by atoms with van der Waals surface area (Å²) in [5.41, 5.74) is -0.0892. The van der Waals surface area contributed by atoms with Crippen LogP contribution in [0.25, 0.3) is 0 Å². The molecule has 6 nitrogen and oxygen atoms in total. The molecule has 1 N–H and O–H groups in total. The minimum atomic E-state index is -1.17. The molecule has 2 aromatic rings. The van der Waals surface area contributed by atoms with Gasteiger partial charge >= 0.3 is 12.0 Å². The number of carboxylic acids is 1. The van der Waals surface area contributed by atoms with Crippen molar-refractivity contribution in [2.75, 3.05) is 7.11 Å². The number of ether oxygens (including phenoxy) is 2. The maximum Gasteiger partial charge on any atom is 0.339 e. The number of aromatic nitrogens is 2. The fourth-order valence-corrected chi connectivity index (χ4v) is 1.61. The third-order valence-electron chi connectivity index (χ3n) is 2.23. The van der Waals surface area contributed by atoms with E-state index in [0.29, 0.717) is 0 Å². The predicted octanol–water partition coefficient (Wildman–Crippen LogP) is 2.63. The van der Waals surface area contributed by atoms with E-state index in [2.05, 4.69) is 9.97 Å². The third-order valence-corrected chi connectivity index (χ3v) is 2.52. The summed E-state index contributed by atoms with van der Waals surface area (Å²) < 4.78 is 10.3. The van der Waals surface area contributed by atoms with Gasteiger partial charge in [-0.3, -0.25) is 0 Å². The number of methoxy groups -OCH3 is 1. The topological polar surface area (TPSA) is 81.5 Å². The fourth-order valence-electron chi connectivity index (χ4n) is 1.38. The quantitative estimate of drug-likeness (QED) is 0.927. The van der Waals surface area contributed by atoms with Gasteiger partial charge in [-0.05, 0) is 12.1 Å². The lowest BCUT2D eigenvalue weighted by Crippen LogP contribution is -2.02. The van der Waals surface area contributed by atoms with Crippen LogP contribution in [-0.4, -0.2) is 28.2 Å². The first kappa shape index (κ1) is 13.1. The van der Waals surface area contributed by atoms with Crippen molar-refractivity contribution in [3.05, 3.63) is 41.2 Å². The highest BCUT2D eigenvalue weighted by molar-refractivity contribution is 6.32. The second-order valence-corrected chi connectivity index (χ2v) is 3.83. The van der Waals surface area contributed by atoms with Crippen molar-refractivity contribution in [2.45, 2.75) is 0 Å². The van der Waals surface area contributed by atoms with Crippen molar-refractivity contribution in [1.29, 1.82) is 0 Å². The molecule has 1 aromatic carbocycles. The maximum absolute atomic E-state index is 11.2. The van der Waals surface area contributed by atoms with E-state index in [1.54, 1.807) is 6.07 Å². The third kappa shape index (κ3) is 2.92. The molecule has 1 aromatic heterocycles. The molecule has 0 radical (unpaired) electrons. The molecular formula is C12H9ClN2O4. The van der Waals surface area contributed by atoms with E-state index in [9.17, 15) is 4.79 Å². The molecule has 0 spiro atoms. The van der Waals surface area contributed by atoms with Crippen LogP contribution in [0.15, 0.2) is 30.6 Å². The molecule has 0 bridgehead atoms. The smallest absolute Gasteiger partial charge is 0.339 e. The summed E-state index contributed by atoms with van der Waals surface area (Å²) >= 11 is 5.93. The largest absolute Gasteiger partial charge is 0.495 e. The highest BCUT2D eigenvalue weighted by Crippen LogP contribution is 2.34. The predicted molar refractivity (Wildman–Crippen MR) is 67.1 cm³/mol. The van der Waals surface area contributed by atoms with Crippen LogP contribution in [0.2, 0.25) is 5.02 Å². The van der Waals surface area contributed by atoms with Gasteiger partial charge in [0.05, 0.1) is 12.1 Å². The summed E-state index contributed by atoms with van der Waals surface area (Å²) in [5.74, 6) is -0.870. The van der Waals surface area contributed by atoms with E-state index in [4.69, 9.17) is 26.2 Å². The van der Waals surface area contributed by atoms with Crippen LogP contribution in [-0.2, 0) is 0 Å². The van der Waals surface area contributed by atoms with Gasteiger partial charge < -0.3 is 14.6 Å². The molecule has 0 amide bonds. The SMILES string of the molecule is COc1cc(C(=O)O)c(Oc2ncccn2)cc1Cl. The zero-order valence-corrected chi connectivity index (χ0v) is 10.6. The number of rotatable bonds is 4. The lowest BCUT2D eigenvalue weighted by molar-refractivity contribution is 0.0693. The van der Waals surface area contributed by atoms with Gasteiger partial charge in [0.2, 0.25) is 0 Å². The molecule has 1 heterocycles. The Kier molecular flexibility index (Phi) is 3.82. The van der Waals surface area contributed by atoms with E-state index < -0.39 is 5.97 Å². The number of benzene rings is 1. The molecule has 2 rings (SSSR count). The molecule has 0 atom stereocenters. The van der Waals surface area contributed by atoms with Crippen LogP contribution in [0, 0.1) is 0 Å². The van der Waals surface area contributed by atoms with E-state index in [0.717, 1.165) is 0 Å². The lowest BCUT2D eigenvalue weighted by atomic mass is 10.2. The van der Waals surface area contributed by atoms with Crippen LogP contribution >= 0.6 is 11.6 Å². The molecule has 0 aliphatic rings. The van der Waals surface area contributed by atoms with Gasteiger partial charge in [-0.15, -0.1) is 0 Å².